The molecule has 0 bridgehead atoms. The van der Waals surface area contributed by atoms with E-state index in [4.69, 9.17) is 0 Å². The summed E-state index contributed by atoms with van der Waals surface area (Å²) >= 11 is 0. The number of hydrogen-bond acceptors (Lipinski definition) is 3. The van der Waals surface area contributed by atoms with Gasteiger partial charge >= 0.3 is 0 Å². The molecule has 1 saturated heterocycles. The summed E-state index contributed by atoms with van der Waals surface area (Å²) in [6.45, 7) is 7.50. The lowest BCUT2D eigenvalue weighted by Crippen LogP contribution is -2.48. The van der Waals surface area contributed by atoms with E-state index in [1.54, 1.807) is 16.8 Å². The molecule has 1 aliphatic rings. The van der Waals surface area contributed by atoms with E-state index in [0.717, 1.165) is 26.2 Å². The Morgan fingerprint density at radius 1 is 1.20 bits per heavy atom. The van der Waals surface area contributed by atoms with Crippen molar-refractivity contribution in [1.29, 1.82) is 0 Å². The zero-order valence-corrected chi connectivity index (χ0v) is 12.5. The van der Waals surface area contributed by atoms with Crippen LogP contribution in [0.4, 0.5) is 0 Å². The van der Waals surface area contributed by atoms with Crippen molar-refractivity contribution in [1.82, 2.24) is 14.4 Å². The van der Waals surface area contributed by atoms with Crippen LogP contribution in [0.25, 0.3) is 0 Å². The van der Waals surface area contributed by atoms with Crippen molar-refractivity contribution in [3.05, 3.63) is 24.0 Å². The molecule has 20 heavy (non-hydrogen) atoms. The monoisotopic (exact) mass is 277 g/mol. The van der Waals surface area contributed by atoms with Gasteiger partial charge in [-0.3, -0.25) is 9.59 Å². The van der Waals surface area contributed by atoms with E-state index in [1.807, 2.05) is 24.9 Å². The Bertz CT molecular complexity index is 485. The lowest BCUT2D eigenvalue weighted by atomic mass is 10.0. The minimum Gasteiger partial charge on any atom is -0.344 e. The number of amides is 1. The third kappa shape index (κ3) is 3.48. The lowest BCUT2D eigenvalue weighted by Gasteiger charge is -2.32. The number of likely N-dealkylation sites (N-methyl/N-ethyl adjacent to an activating group) is 1. The molecule has 0 radical (unpaired) electrons. The third-order valence-corrected chi connectivity index (χ3v) is 3.73. The number of carbonyl (C=O) groups excluding carboxylic acids is 2. The van der Waals surface area contributed by atoms with Crippen LogP contribution in [0.2, 0.25) is 0 Å². The quantitative estimate of drug-likeness (QED) is 0.774. The molecule has 1 aliphatic heterocycles. The minimum absolute atomic E-state index is 0.0146. The van der Waals surface area contributed by atoms with E-state index in [1.165, 1.54) is 0 Å². The molecule has 2 heterocycles. The summed E-state index contributed by atoms with van der Waals surface area (Å²) in [4.78, 5) is 28.2. The topological polar surface area (TPSA) is 45.6 Å². The molecule has 0 atom stereocenters. The SMILES string of the molecule is CC(C)C(=O)c1ccn(CC(=O)N2CCN(C)CC2)c1. The molecule has 1 aromatic rings. The maximum Gasteiger partial charge on any atom is 0.242 e. The maximum absolute atomic E-state index is 12.2. The van der Waals surface area contributed by atoms with E-state index in [2.05, 4.69) is 11.9 Å². The van der Waals surface area contributed by atoms with Crippen LogP contribution < -0.4 is 0 Å². The number of ketones is 1. The zero-order chi connectivity index (χ0) is 14.7. The summed E-state index contributed by atoms with van der Waals surface area (Å²) in [6.07, 6.45) is 3.58. The molecule has 0 unspecified atom stereocenters. The highest BCUT2D eigenvalue weighted by Crippen LogP contribution is 2.10. The highest BCUT2D eigenvalue weighted by atomic mass is 16.2. The van der Waals surface area contributed by atoms with Gasteiger partial charge in [-0.25, -0.2) is 0 Å². The molecule has 0 aliphatic carbocycles. The van der Waals surface area contributed by atoms with Crippen LogP contribution in [0.1, 0.15) is 24.2 Å². The molecule has 0 spiro atoms. The van der Waals surface area contributed by atoms with Gasteiger partial charge in [-0.1, -0.05) is 13.8 Å². The molecule has 5 heteroatoms. The predicted molar refractivity (Wildman–Crippen MR) is 77.7 cm³/mol. The molecule has 0 saturated carbocycles. The van der Waals surface area contributed by atoms with Crippen molar-refractivity contribution in [2.24, 2.45) is 5.92 Å². The van der Waals surface area contributed by atoms with Crippen LogP contribution >= 0.6 is 0 Å². The van der Waals surface area contributed by atoms with Crippen molar-refractivity contribution >= 4 is 11.7 Å². The number of hydrogen-bond donors (Lipinski definition) is 0. The van der Waals surface area contributed by atoms with Crippen LogP contribution in [0.15, 0.2) is 18.5 Å². The normalized spacial score (nSPS) is 16.7. The van der Waals surface area contributed by atoms with Gasteiger partial charge in [0.25, 0.3) is 0 Å². The fourth-order valence-corrected chi connectivity index (χ4v) is 2.33. The van der Waals surface area contributed by atoms with Gasteiger partial charge < -0.3 is 14.4 Å². The average Bonchev–Trinajstić information content (AvgIpc) is 2.86. The van der Waals surface area contributed by atoms with Gasteiger partial charge in [0.2, 0.25) is 5.91 Å². The van der Waals surface area contributed by atoms with Crippen LogP contribution in [0, 0.1) is 5.92 Å². The van der Waals surface area contributed by atoms with Crippen LogP contribution in [-0.2, 0) is 11.3 Å². The fraction of sp³-hybridized carbons (Fsp3) is 0.600. The number of aromatic nitrogens is 1. The highest BCUT2D eigenvalue weighted by molar-refractivity contribution is 5.97. The molecule has 1 aromatic heterocycles. The third-order valence-electron chi connectivity index (χ3n) is 3.73. The Kier molecular flexibility index (Phi) is 4.60. The zero-order valence-electron chi connectivity index (χ0n) is 12.5. The fourth-order valence-electron chi connectivity index (χ4n) is 2.33. The first-order valence-corrected chi connectivity index (χ1v) is 7.13. The molecule has 2 rings (SSSR count). The van der Waals surface area contributed by atoms with Crippen molar-refractivity contribution in [3.8, 4) is 0 Å². The number of carbonyl (C=O) groups is 2. The lowest BCUT2D eigenvalue weighted by molar-refractivity contribution is -0.133. The first-order valence-electron chi connectivity index (χ1n) is 7.13. The number of nitrogens with zero attached hydrogens (tertiary/aromatic N) is 3. The van der Waals surface area contributed by atoms with Crippen molar-refractivity contribution in [2.45, 2.75) is 20.4 Å². The van der Waals surface area contributed by atoms with Gasteiger partial charge in [0.1, 0.15) is 6.54 Å². The van der Waals surface area contributed by atoms with E-state index < -0.39 is 0 Å². The van der Waals surface area contributed by atoms with Gasteiger partial charge in [0.05, 0.1) is 0 Å². The number of Topliss-reactive ketones (excluding diaryl/α,β-unsaturated/α-hetero) is 1. The van der Waals surface area contributed by atoms with Gasteiger partial charge in [0, 0.05) is 50.1 Å². The maximum atomic E-state index is 12.2. The number of rotatable bonds is 4. The largest absolute Gasteiger partial charge is 0.344 e. The predicted octanol–water partition coefficient (Wildman–Crippen LogP) is 1.10. The summed E-state index contributed by atoms with van der Waals surface area (Å²) in [6, 6.07) is 1.79. The molecule has 110 valence electrons. The average molecular weight is 277 g/mol. The molecule has 0 aromatic carbocycles. The van der Waals surface area contributed by atoms with Crippen LogP contribution in [0.3, 0.4) is 0 Å². The van der Waals surface area contributed by atoms with Gasteiger partial charge in [-0.2, -0.15) is 0 Å². The van der Waals surface area contributed by atoms with Crippen LogP contribution in [-0.4, -0.2) is 59.3 Å². The van der Waals surface area contributed by atoms with Gasteiger partial charge in [-0.05, 0) is 13.1 Å². The molecular weight excluding hydrogens is 254 g/mol. The molecule has 1 amide bonds. The summed E-state index contributed by atoms with van der Waals surface area (Å²) in [5.74, 6) is 0.229. The van der Waals surface area contributed by atoms with E-state index >= 15 is 0 Å². The summed E-state index contributed by atoms with van der Waals surface area (Å²) in [5.41, 5.74) is 0.686. The highest BCUT2D eigenvalue weighted by Gasteiger charge is 2.19. The van der Waals surface area contributed by atoms with Crippen molar-refractivity contribution in [3.63, 3.8) is 0 Å². The Morgan fingerprint density at radius 3 is 2.45 bits per heavy atom. The molecular formula is C15H23N3O2. The van der Waals surface area contributed by atoms with Crippen LogP contribution in [0.5, 0.6) is 0 Å². The Labute approximate surface area is 120 Å². The van der Waals surface area contributed by atoms with E-state index in [0.29, 0.717) is 12.1 Å². The Morgan fingerprint density at radius 2 is 1.85 bits per heavy atom. The Hall–Kier alpha value is -1.62. The summed E-state index contributed by atoms with van der Waals surface area (Å²) in [5, 5.41) is 0. The second-order valence-electron chi connectivity index (χ2n) is 5.78. The molecule has 1 fully saturated rings. The van der Waals surface area contributed by atoms with Gasteiger partial charge in [0.15, 0.2) is 5.78 Å². The first kappa shape index (κ1) is 14.8. The number of piperazine rings is 1. The summed E-state index contributed by atoms with van der Waals surface area (Å²) < 4.78 is 1.80. The first-order chi connectivity index (χ1) is 9.47. The minimum atomic E-state index is -0.0146. The Balaban J connectivity index is 1.93. The summed E-state index contributed by atoms with van der Waals surface area (Å²) in [7, 11) is 2.07. The second-order valence-corrected chi connectivity index (χ2v) is 5.78. The van der Waals surface area contributed by atoms with Crippen molar-refractivity contribution in [2.75, 3.05) is 33.2 Å². The van der Waals surface area contributed by atoms with Gasteiger partial charge in [-0.15, -0.1) is 0 Å². The molecule has 0 N–H and O–H groups in total. The van der Waals surface area contributed by atoms with Crippen molar-refractivity contribution < 1.29 is 9.59 Å². The van der Waals surface area contributed by atoms with E-state index in [9.17, 15) is 9.59 Å². The smallest absolute Gasteiger partial charge is 0.242 e. The standard InChI is InChI=1S/C15H23N3O2/c1-12(2)15(20)13-4-5-17(10-13)11-14(19)18-8-6-16(3)7-9-18/h4-5,10,12H,6-9,11H2,1-3H3. The second kappa shape index (κ2) is 6.22. The molecule has 5 nitrogen and oxygen atoms in total. The van der Waals surface area contributed by atoms with E-state index in [-0.39, 0.29) is 17.6 Å².